The topological polar surface area (TPSA) is 12.0 Å². The summed E-state index contributed by atoms with van der Waals surface area (Å²) in [4.78, 5) is 0. The molecule has 0 spiro atoms. The van der Waals surface area contributed by atoms with Crippen LogP contribution in [-0.2, 0) is 0 Å². The SMILES string of the molecule is CNC(c1ccc(Cl)c(Cl)c1)C1CCC(C(C)C)CC1. The first-order valence-corrected chi connectivity index (χ1v) is 8.40. The molecule has 0 saturated heterocycles. The number of hydrogen-bond acceptors (Lipinski definition) is 1. The molecule has 0 radical (unpaired) electrons. The van der Waals surface area contributed by atoms with Crippen molar-refractivity contribution >= 4 is 23.2 Å². The summed E-state index contributed by atoms with van der Waals surface area (Å²) in [6.07, 6.45) is 5.30. The Morgan fingerprint density at radius 3 is 2.10 bits per heavy atom. The van der Waals surface area contributed by atoms with Gasteiger partial charge in [0.1, 0.15) is 0 Å². The maximum absolute atomic E-state index is 6.16. The molecule has 1 atom stereocenters. The summed E-state index contributed by atoms with van der Waals surface area (Å²) >= 11 is 12.2. The third-order valence-electron chi connectivity index (χ3n) is 4.84. The summed E-state index contributed by atoms with van der Waals surface area (Å²) in [5.74, 6) is 2.42. The third-order valence-corrected chi connectivity index (χ3v) is 5.58. The van der Waals surface area contributed by atoms with Crippen molar-refractivity contribution in [2.75, 3.05) is 7.05 Å². The van der Waals surface area contributed by atoms with Crippen LogP contribution < -0.4 is 5.32 Å². The van der Waals surface area contributed by atoms with Crippen molar-refractivity contribution in [3.05, 3.63) is 33.8 Å². The second-order valence-electron chi connectivity index (χ2n) is 6.36. The Hall–Kier alpha value is -0.240. The van der Waals surface area contributed by atoms with E-state index in [4.69, 9.17) is 23.2 Å². The van der Waals surface area contributed by atoms with E-state index >= 15 is 0 Å². The van der Waals surface area contributed by atoms with E-state index in [0.29, 0.717) is 22.0 Å². The molecule has 112 valence electrons. The Labute approximate surface area is 133 Å². The maximum Gasteiger partial charge on any atom is 0.0595 e. The van der Waals surface area contributed by atoms with Crippen molar-refractivity contribution in [2.45, 2.75) is 45.6 Å². The Balaban J connectivity index is 2.07. The van der Waals surface area contributed by atoms with Crippen LogP contribution in [0.4, 0.5) is 0 Å². The van der Waals surface area contributed by atoms with E-state index in [1.54, 1.807) is 0 Å². The average Bonchev–Trinajstić information content (AvgIpc) is 2.44. The van der Waals surface area contributed by atoms with Crippen molar-refractivity contribution in [1.82, 2.24) is 5.32 Å². The summed E-state index contributed by atoms with van der Waals surface area (Å²) in [6.45, 7) is 4.69. The van der Waals surface area contributed by atoms with E-state index < -0.39 is 0 Å². The number of nitrogens with one attached hydrogen (secondary N) is 1. The van der Waals surface area contributed by atoms with E-state index in [-0.39, 0.29) is 0 Å². The molecule has 1 aromatic carbocycles. The molecule has 1 aliphatic rings. The molecule has 1 saturated carbocycles. The van der Waals surface area contributed by atoms with E-state index in [0.717, 1.165) is 11.8 Å². The largest absolute Gasteiger partial charge is 0.313 e. The first kappa shape index (κ1) is 16.1. The van der Waals surface area contributed by atoms with E-state index in [2.05, 4.69) is 25.2 Å². The molecule has 1 aliphatic carbocycles. The van der Waals surface area contributed by atoms with Crippen LogP contribution in [0.25, 0.3) is 0 Å². The van der Waals surface area contributed by atoms with Gasteiger partial charge in [0.25, 0.3) is 0 Å². The number of benzene rings is 1. The van der Waals surface area contributed by atoms with Gasteiger partial charge in [-0.15, -0.1) is 0 Å². The highest BCUT2D eigenvalue weighted by Crippen LogP contribution is 2.40. The second kappa shape index (κ2) is 7.15. The molecular formula is C17H25Cl2N. The van der Waals surface area contributed by atoms with Crippen molar-refractivity contribution in [3.8, 4) is 0 Å². The predicted octanol–water partition coefficient (Wildman–Crippen LogP) is 5.72. The minimum absolute atomic E-state index is 0.387. The minimum atomic E-state index is 0.387. The van der Waals surface area contributed by atoms with Crippen LogP contribution in [0.1, 0.15) is 51.1 Å². The predicted molar refractivity (Wildman–Crippen MR) is 88.5 cm³/mol. The van der Waals surface area contributed by atoms with Gasteiger partial charge in [0.05, 0.1) is 10.0 Å². The smallest absolute Gasteiger partial charge is 0.0595 e. The Morgan fingerprint density at radius 2 is 1.60 bits per heavy atom. The highest BCUT2D eigenvalue weighted by atomic mass is 35.5. The van der Waals surface area contributed by atoms with Crippen LogP contribution in [0.15, 0.2) is 18.2 Å². The Bertz CT molecular complexity index is 437. The number of hydrogen-bond donors (Lipinski definition) is 1. The molecule has 3 heteroatoms. The van der Waals surface area contributed by atoms with Gasteiger partial charge in [-0.2, -0.15) is 0 Å². The fraction of sp³-hybridized carbons (Fsp3) is 0.647. The van der Waals surface area contributed by atoms with Gasteiger partial charge in [0.15, 0.2) is 0 Å². The molecule has 1 unspecified atom stereocenters. The Kier molecular flexibility index (Phi) is 5.77. The lowest BCUT2D eigenvalue weighted by Crippen LogP contribution is -2.29. The monoisotopic (exact) mass is 313 g/mol. The molecule has 0 bridgehead atoms. The zero-order valence-electron chi connectivity index (χ0n) is 12.6. The zero-order chi connectivity index (χ0) is 14.7. The second-order valence-corrected chi connectivity index (χ2v) is 7.17. The molecule has 0 aromatic heterocycles. The summed E-state index contributed by atoms with van der Waals surface area (Å²) in [7, 11) is 2.04. The lowest BCUT2D eigenvalue weighted by atomic mass is 9.73. The fourth-order valence-electron chi connectivity index (χ4n) is 3.53. The van der Waals surface area contributed by atoms with Crippen LogP contribution in [-0.4, -0.2) is 7.05 Å². The molecule has 20 heavy (non-hydrogen) atoms. The number of rotatable bonds is 4. The van der Waals surface area contributed by atoms with Crippen LogP contribution in [0.2, 0.25) is 10.0 Å². The molecule has 0 amide bonds. The molecule has 1 aromatic rings. The van der Waals surface area contributed by atoms with Gasteiger partial charge in [-0.3, -0.25) is 0 Å². The lowest BCUT2D eigenvalue weighted by molar-refractivity contribution is 0.193. The van der Waals surface area contributed by atoms with E-state index in [9.17, 15) is 0 Å². The van der Waals surface area contributed by atoms with Crippen LogP contribution in [0, 0.1) is 17.8 Å². The quantitative estimate of drug-likeness (QED) is 0.750. The normalized spacial score (nSPS) is 24.9. The maximum atomic E-state index is 6.16. The molecule has 0 heterocycles. The molecule has 1 nitrogen and oxygen atoms in total. The van der Waals surface area contributed by atoms with Gasteiger partial charge in [0.2, 0.25) is 0 Å². The molecule has 1 fully saturated rings. The van der Waals surface area contributed by atoms with E-state index in [1.165, 1.54) is 31.2 Å². The summed E-state index contributed by atoms with van der Waals surface area (Å²) in [5, 5.41) is 4.76. The van der Waals surface area contributed by atoms with Gasteiger partial charge in [-0.1, -0.05) is 43.1 Å². The first-order chi connectivity index (χ1) is 9.52. The van der Waals surface area contributed by atoms with Gasteiger partial charge in [-0.25, -0.2) is 0 Å². The highest BCUT2D eigenvalue weighted by molar-refractivity contribution is 6.42. The van der Waals surface area contributed by atoms with Crippen molar-refractivity contribution < 1.29 is 0 Å². The van der Waals surface area contributed by atoms with Crippen LogP contribution >= 0.6 is 23.2 Å². The minimum Gasteiger partial charge on any atom is -0.313 e. The van der Waals surface area contributed by atoms with E-state index in [1.807, 2.05) is 19.2 Å². The molecule has 2 rings (SSSR count). The highest BCUT2D eigenvalue weighted by Gasteiger charge is 2.29. The van der Waals surface area contributed by atoms with Crippen LogP contribution in [0.5, 0.6) is 0 Å². The molecule has 0 aliphatic heterocycles. The van der Waals surface area contributed by atoms with Gasteiger partial charge >= 0.3 is 0 Å². The number of halogens is 2. The van der Waals surface area contributed by atoms with Crippen molar-refractivity contribution in [3.63, 3.8) is 0 Å². The lowest BCUT2D eigenvalue weighted by Gasteiger charge is -2.35. The summed E-state index contributed by atoms with van der Waals surface area (Å²) in [5.41, 5.74) is 1.26. The summed E-state index contributed by atoms with van der Waals surface area (Å²) in [6, 6.07) is 6.41. The third kappa shape index (κ3) is 3.69. The van der Waals surface area contributed by atoms with Gasteiger partial charge < -0.3 is 5.32 Å². The Morgan fingerprint density at radius 1 is 1.00 bits per heavy atom. The fourth-order valence-corrected chi connectivity index (χ4v) is 3.83. The standard InChI is InChI=1S/C17H25Cl2N/c1-11(2)12-4-6-13(7-5-12)17(20-3)14-8-9-15(18)16(19)10-14/h8-13,17,20H,4-7H2,1-3H3. The summed E-state index contributed by atoms with van der Waals surface area (Å²) < 4.78 is 0. The zero-order valence-corrected chi connectivity index (χ0v) is 14.1. The van der Waals surface area contributed by atoms with Crippen LogP contribution in [0.3, 0.4) is 0 Å². The molecule has 1 N–H and O–H groups in total. The van der Waals surface area contributed by atoms with Gasteiger partial charge in [0, 0.05) is 6.04 Å². The molecular weight excluding hydrogens is 289 g/mol. The van der Waals surface area contributed by atoms with Crippen molar-refractivity contribution in [2.24, 2.45) is 17.8 Å². The first-order valence-electron chi connectivity index (χ1n) is 7.65. The average molecular weight is 314 g/mol. The van der Waals surface area contributed by atoms with Gasteiger partial charge in [-0.05, 0) is 68.2 Å². The van der Waals surface area contributed by atoms with Crippen molar-refractivity contribution in [1.29, 1.82) is 0 Å².